The summed E-state index contributed by atoms with van der Waals surface area (Å²) < 4.78 is 0. The SMILES string of the molecule is CC(NC(=O)N1CCN(Cc2nc3scc(-c4cccs4)c3c(=O)[nH]2)CC1)c1ccccc1. The number of piperazine rings is 1. The first kappa shape index (κ1) is 21.8. The number of hydrogen-bond donors (Lipinski definition) is 2. The molecule has 170 valence electrons. The summed E-state index contributed by atoms with van der Waals surface area (Å²) in [6.07, 6.45) is 0. The molecule has 0 bridgehead atoms. The van der Waals surface area contributed by atoms with Crippen molar-refractivity contribution in [1.29, 1.82) is 0 Å². The van der Waals surface area contributed by atoms with Crippen LogP contribution in [-0.4, -0.2) is 52.0 Å². The van der Waals surface area contributed by atoms with Crippen LogP contribution in [0.15, 0.2) is 58.0 Å². The predicted molar refractivity (Wildman–Crippen MR) is 134 cm³/mol. The average molecular weight is 480 g/mol. The van der Waals surface area contributed by atoms with E-state index in [1.54, 1.807) is 11.3 Å². The lowest BCUT2D eigenvalue weighted by Gasteiger charge is -2.35. The van der Waals surface area contributed by atoms with Crippen LogP contribution < -0.4 is 10.9 Å². The monoisotopic (exact) mass is 479 g/mol. The largest absolute Gasteiger partial charge is 0.331 e. The second-order valence-corrected chi connectivity index (χ2v) is 9.97. The number of H-pyrrole nitrogens is 1. The van der Waals surface area contributed by atoms with E-state index in [1.807, 2.05) is 65.0 Å². The second kappa shape index (κ2) is 9.46. The van der Waals surface area contributed by atoms with Crippen molar-refractivity contribution in [2.75, 3.05) is 26.2 Å². The van der Waals surface area contributed by atoms with E-state index in [4.69, 9.17) is 4.98 Å². The number of aromatic nitrogens is 2. The van der Waals surface area contributed by atoms with Gasteiger partial charge in [-0.25, -0.2) is 9.78 Å². The minimum Gasteiger partial charge on any atom is -0.331 e. The third-order valence-corrected chi connectivity index (χ3v) is 7.73. The zero-order valence-electron chi connectivity index (χ0n) is 18.3. The van der Waals surface area contributed by atoms with Gasteiger partial charge in [0.15, 0.2) is 0 Å². The van der Waals surface area contributed by atoms with E-state index in [2.05, 4.69) is 15.2 Å². The van der Waals surface area contributed by atoms with Crippen molar-refractivity contribution in [2.45, 2.75) is 19.5 Å². The van der Waals surface area contributed by atoms with Gasteiger partial charge in [0.25, 0.3) is 5.56 Å². The molecule has 0 saturated carbocycles. The highest BCUT2D eigenvalue weighted by Crippen LogP contribution is 2.33. The predicted octanol–water partition coefficient (Wildman–Crippen LogP) is 4.30. The molecule has 2 N–H and O–H groups in total. The minimum atomic E-state index is -0.0902. The molecule has 1 unspecified atom stereocenters. The normalized spacial score (nSPS) is 15.6. The van der Waals surface area contributed by atoms with Gasteiger partial charge < -0.3 is 15.2 Å². The summed E-state index contributed by atoms with van der Waals surface area (Å²) in [7, 11) is 0. The second-order valence-electron chi connectivity index (χ2n) is 8.16. The Morgan fingerprint density at radius 3 is 2.64 bits per heavy atom. The van der Waals surface area contributed by atoms with Gasteiger partial charge in [-0.2, -0.15) is 0 Å². The van der Waals surface area contributed by atoms with E-state index in [9.17, 15) is 9.59 Å². The van der Waals surface area contributed by atoms with Crippen molar-refractivity contribution in [3.05, 3.63) is 75.0 Å². The van der Waals surface area contributed by atoms with Gasteiger partial charge in [-0.1, -0.05) is 36.4 Å². The van der Waals surface area contributed by atoms with Gasteiger partial charge in [0, 0.05) is 42.0 Å². The van der Waals surface area contributed by atoms with Crippen LogP contribution in [0.5, 0.6) is 0 Å². The fourth-order valence-corrected chi connectivity index (χ4v) is 5.89. The lowest BCUT2D eigenvalue weighted by atomic mass is 10.1. The number of hydrogen-bond acceptors (Lipinski definition) is 6. The fraction of sp³-hybridized carbons (Fsp3) is 0.292. The van der Waals surface area contributed by atoms with Gasteiger partial charge in [-0.15, -0.1) is 22.7 Å². The van der Waals surface area contributed by atoms with Gasteiger partial charge >= 0.3 is 6.03 Å². The van der Waals surface area contributed by atoms with E-state index in [1.165, 1.54) is 11.3 Å². The van der Waals surface area contributed by atoms with Gasteiger partial charge in [-0.3, -0.25) is 9.69 Å². The molecule has 3 aromatic heterocycles. The van der Waals surface area contributed by atoms with Crippen molar-refractivity contribution in [1.82, 2.24) is 25.1 Å². The van der Waals surface area contributed by atoms with E-state index >= 15 is 0 Å². The third-order valence-electron chi connectivity index (χ3n) is 5.95. The van der Waals surface area contributed by atoms with Gasteiger partial charge in [-0.05, 0) is 23.9 Å². The molecule has 4 aromatic rings. The number of rotatable bonds is 5. The zero-order chi connectivity index (χ0) is 22.8. The summed E-state index contributed by atoms with van der Waals surface area (Å²) >= 11 is 3.13. The Morgan fingerprint density at radius 2 is 1.91 bits per heavy atom. The molecular formula is C24H25N5O2S2. The Kier molecular flexibility index (Phi) is 6.26. The fourth-order valence-electron chi connectivity index (χ4n) is 4.10. The molecule has 0 radical (unpaired) electrons. The van der Waals surface area contributed by atoms with E-state index in [0.717, 1.165) is 33.9 Å². The van der Waals surface area contributed by atoms with Crippen molar-refractivity contribution in [3.63, 3.8) is 0 Å². The van der Waals surface area contributed by atoms with E-state index < -0.39 is 0 Å². The van der Waals surface area contributed by atoms with Crippen LogP contribution in [0.4, 0.5) is 4.79 Å². The van der Waals surface area contributed by atoms with Crippen LogP contribution >= 0.6 is 22.7 Å². The molecule has 33 heavy (non-hydrogen) atoms. The van der Waals surface area contributed by atoms with Crippen molar-refractivity contribution in [2.24, 2.45) is 0 Å². The van der Waals surface area contributed by atoms with Crippen LogP contribution in [0.3, 0.4) is 0 Å². The third kappa shape index (κ3) is 4.71. The van der Waals surface area contributed by atoms with E-state index in [-0.39, 0.29) is 17.6 Å². The highest BCUT2D eigenvalue weighted by Gasteiger charge is 2.23. The molecule has 1 atom stereocenters. The van der Waals surface area contributed by atoms with Gasteiger partial charge in [0.05, 0.1) is 18.0 Å². The molecule has 1 aromatic carbocycles. The summed E-state index contributed by atoms with van der Waals surface area (Å²) in [4.78, 5) is 39.1. The molecule has 1 saturated heterocycles. The number of amides is 2. The van der Waals surface area contributed by atoms with Gasteiger partial charge in [0.2, 0.25) is 0 Å². The molecule has 7 nitrogen and oxygen atoms in total. The van der Waals surface area contributed by atoms with Crippen LogP contribution in [0.2, 0.25) is 0 Å². The number of aromatic amines is 1. The summed E-state index contributed by atoms with van der Waals surface area (Å²) in [5, 5.41) is 7.77. The maximum absolute atomic E-state index is 12.8. The number of urea groups is 1. The minimum absolute atomic E-state index is 0.0393. The molecule has 1 aliphatic rings. The molecular weight excluding hydrogens is 454 g/mol. The first-order valence-electron chi connectivity index (χ1n) is 11.0. The Bertz CT molecular complexity index is 1290. The maximum Gasteiger partial charge on any atom is 0.317 e. The van der Waals surface area contributed by atoms with Crippen LogP contribution in [0.25, 0.3) is 20.7 Å². The number of fused-ring (bicyclic) bond motifs is 1. The highest BCUT2D eigenvalue weighted by molar-refractivity contribution is 7.18. The summed E-state index contributed by atoms with van der Waals surface area (Å²) in [6, 6.07) is 13.9. The summed E-state index contributed by atoms with van der Waals surface area (Å²) in [5.41, 5.74) is 1.95. The number of nitrogens with zero attached hydrogens (tertiary/aromatic N) is 3. The molecule has 0 spiro atoms. The first-order valence-corrected chi connectivity index (χ1v) is 12.7. The lowest BCUT2D eigenvalue weighted by Crippen LogP contribution is -2.51. The topological polar surface area (TPSA) is 81.3 Å². The van der Waals surface area contributed by atoms with Crippen LogP contribution in [0, 0.1) is 0 Å². The molecule has 4 heterocycles. The zero-order valence-corrected chi connectivity index (χ0v) is 19.9. The van der Waals surface area contributed by atoms with Crippen LogP contribution in [-0.2, 0) is 6.54 Å². The molecule has 1 fully saturated rings. The smallest absolute Gasteiger partial charge is 0.317 e. The summed E-state index contributed by atoms with van der Waals surface area (Å²) in [6.45, 7) is 5.31. The maximum atomic E-state index is 12.8. The van der Waals surface area contributed by atoms with Crippen molar-refractivity contribution in [3.8, 4) is 10.4 Å². The molecule has 2 amide bonds. The van der Waals surface area contributed by atoms with Crippen molar-refractivity contribution < 1.29 is 4.79 Å². The quantitative estimate of drug-likeness (QED) is 0.447. The number of benzene rings is 1. The molecule has 1 aliphatic heterocycles. The number of thiophene rings is 2. The number of carbonyl (C=O) groups is 1. The Labute approximate surface area is 199 Å². The Hall–Kier alpha value is -3.01. The standard InChI is InChI=1S/C24H25N5O2S2/c1-16(17-6-3-2-4-7-17)25-24(31)29-11-9-28(10-12-29)14-20-26-22(30)21-18(15-33-23(21)27-20)19-8-5-13-32-19/h2-8,13,15-16H,9-12,14H2,1H3,(H,25,31)(H,26,27,30). The van der Waals surface area contributed by atoms with Gasteiger partial charge in [0.1, 0.15) is 10.7 Å². The highest BCUT2D eigenvalue weighted by atomic mass is 32.1. The lowest BCUT2D eigenvalue weighted by molar-refractivity contribution is 0.132. The summed E-state index contributed by atoms with van der Waals surface area (Å²) in [5.74, 6) is 0.669. The Balaban J connectivity index is 1.20. The van der Waals surface area contributed by atoms with E-state index in [0.29, 0.717) is 30.8 Å². The average Bonchev–Trinajstić information content (AvgIpc) is 3.50. The van der Waals surface area contributed by atoms with Crippen LogP contribution in [0.1, 0.15) is 24.4 Å². The molecule has 9 heteroatoms. The molecule has 5 rings (SSSR count). The molecule has 0 aliphatic carbocycles. The van der Waals surface area contributed by atoms with Crippen molar-refractivity contribution >= 4 is 38.9 Å². The Morgan fingerprint density at radius 1 is 1.12 bits per heavy atom. The first-order chi connectivity index (χ1) is 16.1. The number of carbonyl (C=O) groups excluding carboxylic acids is 1. The number of nitrogens with one attached hydrogen (secondary N) is 2.